The summed E-state index contributed by atoms with van der Waals surface area (Å²) in [5.41, 5.74) is 0.701. The van der Waals surface area contributed by atoms with Crippen molar-refractivity contribution in [3.05, 3.63) is 42.1 Å². The molecule has 0 bridgehead atoms. The number of aromatic nitrogens is 3. The SMILES string of the molecule is Cn1ccnc1C(O)C1CCN(c2ncccc2C(=O)N2CCCCC2)CC1. The predicted octanol–water partition coefficient (Wildman–Crippen LogP) is 2.39. The zero-order valence-electron chi connectivity index (χ0n) is 16.5. The summed E-state index contributed by atoms with van der Waals surface area (Å²) in [5.74, 6) is 1.76. The lowest BCUT2D eigenvalue weighted by atomic mass is 9.90. The van der Waals surface area contributed by atoms with Gasteiger partial charge >= 0.3 is 0 Å². The Morgan fingerprint density at radius 3 is 2.54 bits per heavy atom. The van der Waals surface area contributed by atoms with Crippen LogP contribution in [0.25, 0.3) is 0 Å². The van der Waals surface area contributed by atoms with Crippen molar-refractivity contribution in [3.63, 3.8) is 0 Å². The number of hydrogen-bond donors (Lipinski definition) is 1. The van der Waals surface area contributed by atoms with E-state index in [-0.39, 0.29) is 11.8 Å². The van der Waals surface area contributed by atoms with Crippen molar-refractivity contribution in [2.45, 2.75) is 38.2 Å². The summed E-state index contributed by atoms with van der Waals surface area (Å²) in [7, 11) is 1.91. The van der Waals surface area contributed by atoms with Crippen LogP contribution in [0.5, 0.6) is 0 Å². The molecule has 2 aliphatic heterocycles. The second kappa shape index (κ2) is 8.31. The van der Waals surface area contributed by atoms with Gasteiger partial charge in [-0.05, 0) is 50.2 Å². The smallest absolute Gasteiger partial charge is 0.257 e. The van der Waals surface area contributed by atoms with E-state index in [0.29, 0.717) is 5.56 Å². The molecular formula is C21H29N5O2. The van der Waals surface area contributed by atoms with Crippen LogP contribution in [-0.4, -0.2) is 56.6 Å². The van der Waals surface area contributed by atoms with E-state index >= 15 is 0 Å². The van der Waals surface area contributed by atoms with Crippen molar-refractivity contribution in [3.8, 4) is 0 Å². The Bertz CT molecular complexity index is 807. The lowest BCUT2D eigenvalue weighted by Gasteiger charge is -2.36. The van der Waals surface area contributed by atoms with E-state index in [0.717, 1.165) is 63.5 Å². The predicted molar refractivity (Wildman–Crippen MR) is 107 cm³/mol. The molecule has 4 heterocycles. The fourth-order valence-electron chi connectivity index (χ4n) is 4.38. The Kier molecular flexibility index (Phi) is 5.62. The summed E-state index contributed by atoms with van der Waals surface area (Å²) in [5, 5.41) is 10.7. The molecule has 150 valence electrons. The molecule has 2 aliphatic rings. The van der Waals surface area contributed by atoms with Crippen molar-refractivity contribution in [1.29, 1.82) is 0 Å². The third-order valence-electron chi connectivity index (χ3n) is 6.07. The van der Waals surface area contributed by atoms with E-state index in [4.69, 9.17) is 0 Å². The van der Waals surface area contributed by atoms with E-state index < -0.39 is 6.10 Å². The summed E-state index contributed by atoms with van der Waals surface area (Å²) in [6, 6.07) is 3.74. The Labute approximate surface area is 166 Å². The Morgan fingerprint density at radius 1 is 1.11 bits per heavy atom. The van der Waals surface area contributed by atoms with Gasteiger partial charge in [0.15, 0.2) is 0 Å². The van der Waals surface area contributed by atoms with Crippen LogP contribution in [0, 0.1) is 5.92 Å². The number of carbonyl (C=O) groups excluding carboxylic acids is 1. The number of rotatable bonds is 4. The highest BCUT2D eigenvalue weighted by Gasteiger charge is 2.31. The molecule has 7 nitrogen and oxygen atoms in total. The van der Waals surface area contributed by atoms with Gasteiger partial charge in [-0.2, -0.15) is 0 Å². The van der Waals surface area contributed by atoms with Crippen molar-refractivity contribution < 1.29 is 9.90 Å². The number of aliphatic hydroxyl groups is 1. The van der Waals surface area contributed by atoms with Gasteiger partial charge in [-0.25, -0.2) is 9.97 Å². The van der Waals surface area contributed by atoms with Gasteiger partial charge in [-0.15, -0.1) is 0 Å². The topological polar surface area (TPSA) is 74.5 Å². The number of pyridine rings is 1. The maximum atomic E-state index is 13.0. The molecule has 4 rings (SSSR count). The maximum absolute atomic E-state index is 13.0. The Balaban J connectivity index is 1.45. The van der Waals surface area contributed by atoms with Gasteiger partial charge < -0.3 is 19.5 Å². The van der Waals surface area contributed by atoms with Gasteiger partial charge in [0, 0.05) is 51.8 Å². The molecule has 1 unspecified atom stereocenters. The van der Waals surface area contributed by atoms with Gasteiger partial charge in [0.1, 0.15) is 17.7 Å². The number of piperidine rings is 2. The summed E-state index contributed by atoms with van der Waals surface area (Å²) < 4.78 is 1.88. The van der Waals surface area contributed by atoms with Crippen molar-refractivity contribution >= 4 is 11.7 Å². The minimum Gasteiger partial charge on any atom is -0.385 e. The number of aryl methyl sites for hydroxylation is 1. The molecule has 2 aromatic rings. The van der Waals surface area contributed by atoms with Crippen molar-refractivity contribution in [1.82, 2.24) is 19.4 Å². The van der Waals surface area contributed by atoms with E-state index in [9.17, 15) is 9.90 Å². The number of aliphatic hydroxyl groups excluding tert-OH is 1. The molecule has 1 atom stereocenters. The maximum Gasteiger partial charge on any atom is 0.257 e. The lowest BCUT2D eigenvalue weighted by Crippen LogP contribution is -2.40. The van der Waals surface area contributed by atoms with Gasteiger partial charge in [0.2, 0.25) is 0 Å². The number of nitrogens with zero attached hydrogens (tertiary/aromatic N) is 5. The average molecular weight is 383 g/mol. The fourth-order valence-corrected chi connectivity index (χ4v) is 4.38. The van der Waals surface area contributed by atoms with Gasteiger partial charge in [0.05, 0.1) is 5.56 Å². The zero-order chi connectivity index (χ0) is 19.5. The number of carbonyl (C=O) groups is 1. The van der Waals surface area contributed by atoms with E-state index in [2.05, 4.69) is 14.9 Å². The van der Waals surface area contributed by atoms with Crippen LogP contribution in [0.2, 0.25) is 0 Å². The second-order valence-corrected chi connectivity index (χ2v) is 7.89. The largest absolute Gasteiger partial charge is 0.385 e. The third-order valence-corrected chi connectivity index (χ3v) is 6.07. The summed E-state index contributed by atoms with van der Waals surface area (Å²) >= 11 is 0. The van der Waals surface area contributed by atoms with Crippen LogP contribution >= 0.6 is 0 Å². The zero-order valence-corrected chi connectivity index (χ0v) is 16.5. The van der Waals surface area contributed by atoms with Gasteiger partial charge in [0.25, 0.3) is 5.91 Å². The van der Waals surface area contributed by atoms with Gasteiger partial charge in [-0.3, -0.25) is 4.79 Å². The monoisotopic (exact) mass is 383 g/mol. The van der Waals surface area contributed by atoms with Crippen LogP contribution < -0.4 is 4.90 Å². The number of amides is 1. The van der Waals surface area contributed by atoms with E-state index in [1.54, 1.807) is 12.4 Å². The summed E-state index contributed by atoms with van der Waals surface area (Å²) in [4.78, 5) is 26.0. The standard InChI is InChI=1S/C21H29N5O2/c1-24-15-10-23-20(24)18(27)16-7-13-25(14-8-16)19-17(6-5-9-22-19)21(28)26-11-3-2-4-12-26/h5-6,9-10,15-16,18,27H,2-4,7-8,11-14H2,1H3. The summed E-state index contributed by atoms with van der Waals surface area (Å²) in [6.45, 7) is 3.24. The Morgan fingerprint density at radius 2 is 1.86 bits per heavy atom. The molecule has 0 saturated carbocycles. The first-order valence-corrected chi connectivity index (χ1v) is 10.3. The van der Waals surface area contributed by atoms with Crippen LogP contribution in [0.15, 0.2) is 30.7 Å². The molecule has 28 heavy (non-hydrogen) atoms. The highest BCUT2D eigenvalue weighted by atomic mass is 16.3. The number of hydrogen-bond acceptors (Lipinski definition) is 5. The van der Waals surface area contributed by atoms with Crippen molar-refractivity contribution in [2.75, 3.05) is 31.1 Å². The quantitative estimate of drug-likeness (QED) is 0.877. The van der Waals surface area contributed by atoms with Gasteiger partial charge in [-0.1, -0.05) is 0 Å². The third kappa shape index (κ3) is 3.76. The normalized spacial score (nSPS) is 19.6. The highest BCUT2D eigenvalue weighted by Crippen LogP contribution is 2.32. The molecule has 7 heteroatoms. The highest BCUT2D eigenvalue weighted by molar-refractivity contribution is 5.99. The molecule has 2 saturated heterocycles. The molecule has 1 amide bonds. The second-order valence-electron chi connectivity index (χ2n) is 7.89. The molecule has 1 N–H and O–H groups in total. The number of anilines is 1. The number of likely N-dealkylation sites (tertiary alicyclic amines) is 1. The molecular weight excluding hydrogens is 354 g/mol. The van der Waals surface area contributed by atoms with Crippen LogP contribution in [0.4, 0.5) is 5.82 Å². The minimum absolute atomic E-state index is 0.0953. The minimum atomic E-state index is -0.555. The van der Waals surface area contributed by atoms with Crippen molar-refractivity contribution in [2.24, 2.45) is 13.0 Å². The molecule has 2 aromatic heterocycles. The average Bonchev–Trinajstić information content (AvgIpc) is 3.19. The number of imidazole rings is 1. The Hall–Kier alpha value is -2.41. The van der Waals surface area contributed by atoms with E-state index in [1.165, 1.54) is 6.42 Å². The first kappa shape index (κ1) is 18.9. The molecule has 2 fully saturated rings. The summed E-state index contributed by atoms with van der Waals surface area (Å²) in [6.07, 6.45) is 9.85. The lowest BCUT2D eigenvalue weighted by molar-refractivity contribution is 0.0722. The van der Waals surface area contributed by atoms with Crippen LogP contribution in [0.3, 0.4) is 0 Å². The van der Waals surface area contributed by atoms with Crippen LogP contribution in [0.1, 0.15) is 54.4 Å². The fraction of sp³-hybridized carbons (Fsp3) is 0.571. The van der Waals surface area contributed by atoms with Crippen LogP contribution in [-0.2, 0) is 7.05 Å². The molecule has 0 aliphatic carbocycles. The molecule has 0 aromatic carbocycles. The first-order chi connectivity index (χ1) is 13.6. The van der Waals surface area contributed by atoms with E-state index in [1.807, 2.05) is 34.8 Å². The molecule has 0 spiro atoms. The first-order valence-electron chi connectivity index (χ1n) is 10.3. The molecule has 0 radical (unpaired) electrons.